The maximum atomic E-state index is 13.7. The van der Waals surface area contributed by atoms with Gasteiger partial charge in [-0.15, -0.1) is 0 Å². The Morgan fingerprint density at radius 1 is 1.14 bits per heavy atom. The highest BCUT2D eigenvalue weighted by atomic mass is 19.1. The first-order valence-corrected chi connectivity index (χ1v) is 7.17. The van der Waals surface area contributed by atoms with E-state index in [1.54, 1.807) is 0 Å². The summed E-state index contributed by atoms with van der Waals surface area (Å²) in [7, 11) is 0. The largest absolute Gasteiger partial charge is 0.461 e. The van der Waals surface area contributed by atoms with Crippen molar-refractivity contribution >= 4 is 5.97 Å². The van der Waals surface area contributed by atoms with E-state index in [0.717, 1.165) is 25.7 Å². The minimum Gasteiger partial charge on any atom is -0.461 e. The zero-order valence-corrected chi connectivity index (χ0v) is 11.4. The Balaban J connectivity index is 1.67. The maximum absolute atomic E-state index is 13.7. The molecule has 110 valence electrons. The number of carbonyl (C=O) groups is 1. The van der Waals surface area contributed by atoms with Crippen LogP contribution in [0.4, 0.5) is 8.78 Å². The van der Waals surface area contributed by atoms with Crippen molar-refractivity contribution in [3.63, 3.8) is 0 Å². The molecule has 0 aromatic heterocycles. The van der Waals surface area contributed by atoms with Gasteiger partial charge in [0.15, 0.2) is 0 Å². The number of benzene rings is 1. The molecule has 0 radical (unpaired) electrons. The van der Waals surface area contributed by atoms with Gasteiger partial charge >= 0.3 is 5.97 Å². The highest BCUT2D eigenvalue weighted by Gasteiger charge is 2.37. The first-order chi connectivity index (χ1) is 10.1. The molecule has 0 amide bonds. The van der Waals surface area contributed by atoms with Gasteiger partial charge in [0.25, 0.3) is 0 Å². The summed E-state index contributed by atoms with van der Waals surface area (Å²) in [5, 5.41) is 8.68. The summed E-state index contributed by atoms with van der Waals surface area (Å²) in [6.07, 6.45) is 3.97. The van der Waals surface area contributed by atoms with Crippen LogP contribution in [0.5, 0.6) is 0 Å². The normalized spacial score (nSPS) is 28.4. The quantitative estimate of drug-likeness (QED) is 0.784. The van der Waals surface area contributed by atoms with Gasteiger partial charge in [-0.2, -0.15) is 5.26 Å². The van der Waals surface area contributed by atoms with Crippen molar-refractivity contribution in [2.45, 2.75) is 44.1 Å². The fraction of sp³-hybridized carbons (Fsp3) is 0.500. The Labute approximate surface area is 121 Å². The molecule has 1 unspecified atom stereocenters. The molecule has 3 nitrogen and oxygen atoms in total. The van der Waals surface area contributed by atoms with Crippen molar-refractivity contribution in [2.75, 3.05) is 0 Å². The van der Waals surface area contributed by atoms with E-state index in [-0.39, 0.29) is 18.0 Å². The van der Waals surface area contributed by atoms with Gasteiger partial charge in [-0.1, -0.05) is 0 Å². The molecule has 1 atom stereocenters. The minimum absolute atomic E-state index is 0.0351. The molecule has 2 aliphatic rings. The van der Waals surface area contributed by atoms with Crippen LogP contribution < -0.4 is 0 Å². The minimum atomic E-state index is -0.789. The Morgan fingerprint density at radius 2 is 1.71 bits per heavy atom. The van der Waals surface area contributed by atoms with Gasteiger partial charge in [0.05, 0.1) is 6.42 Å². The average molecular weight is 291 g/mol. The van der Waals surface area contributed by atoms with E-state index < -0.39 is 17.2 Å². The van der Waals surface area contributed by atoms with E-state index in [9.17, 15) is 13.6 Å². The molecule has 2 fully saturated rings. The predicted octanol–water partition coefficient (Wildman–Crippen LogP) is 3.43. The lowest BCUT2D eigenvalue weighted by molar-refractivity contribution is -0.176. The van der Waals surface area contributed by atoms with Gasteiger partial charge in [-0.3, -0.25) is 4.79 Å². The van der Waals surface area contributed by atoms with Crippen LogP contribution in [0.1, 0.15) is 49.1 Å². The summed E-state index contributed by atoms with van der Waals surface area (Å²) < 4.78 is 32.4. The van der Waals surface area contributed by atoms with Crippen LogP contribution in [0.25, 0.3) is 0 Å². The van der Waals surface area contributed by atoms with Gasteiger partial charge in [0.1, 0.15) is 29.4 Å². The Hall–Kier alpha value is -1.96. The molecular weight excluding hydrogens is 276 g/mol. The second kappa shape index (κ2) is 5.44. The maximum Gasteiger partial charge on any atom is 0.309 e. The summed E-state index contributed by atoms with van der Waals surface area (Å²) in [6, 6.07) is 4.08. The standard InChI is InChI=1S/C16H15F2NO2/c17-13-5-11(6-14(18)12(13)8-19)9-1-3-10(4-2-9)15-7-16(20)21-15/h5-6,9-10,15H,1-4,7H2. The SMILES string of the molecule is N#Cc1c(F)cc(C2CCC(C3CC(=O)O3)CC2)cc1F. The van der Waals surface area contributed by atoms with Crippen LogP contribution in [0, 0.1) is 28.9 Å². The monoisotopic (exact) mass is 291 g/mol. The number of esters is 1. The second-order valence-corrected chi connectivity index (χ2v) is 5.82. The molecule has 1 heterocycles. The van der Waals surface area contributed by atoms with E-state index in [1.807, 2.05) is 0 Å². The highest BCUT2D eigenvalue weighted by molar-refractivity contribution is 5.75. The second-order valence-electron chi connectivity index (χ2n) is 5.82. The number of rotatable bonds is 2. The molecule has 1 aromatic rings. The molecule has 0 N–H and O–H groups in total. The van der Waals surface area contributed by atoms with Gasteiger partial charge in [-0.25, -0.2) is 8.78 Å². The van der Waals surface area contributed by atoms with Crippen molar-refractivity contribution in [3.05, 3.63) is 34.9 Å². The lowest BCUT2D eigenvalue weighted by atomic mass is 9.75. The number of hydrogen-bond donors (Lipinski definition) is 0. The molecule has 1 aliphatic heterocycles. The third-order valence-corrected chi connectivity index (χ3v) is 4.60. The lowest BCUT2D eigenvalue weighted by Gasteiger charge is -2.37. The number of cyclic esters (lactones) is 1. The molecule has 0 bridgehead atoms. The molecule has 21 heavy (non-hydrogen) atoms. The molecule has 5 heteroatoms. The van der Waals surface area contributed by atoms with E-state index in [0.29, 0.717) is 17.9 Å². The molecular formula is C16H15F2NO2. The van der Waals surface area contributed by atoms with Gasteiger partial charge < -0.3 is 4.74 Å². The predicted molar refractivity (Wildman–Crippen MR) is 70.3 cm³/mol. The van der Waals surface area contributed by atoms with E-state index in [4.69, 9.17) is 10.00 Å². The van der Waals surface area contributed by atoms with Crippen molar-refractivity contribution in [3.8, 4) is 6.07 Å². The fourth-order valence-electron chi connectivity index (χ4n) is 3.35. The Bertz CT molecular complexity index is 584. The number of hydrogen-bond acceptors (Lipinski definition) is 3. The fourth-order valence-corrected chi connectivity index (χ4v) is 3.35. The van der Waals surface area contributed by atoms with Crippen molar-refractivity contribution in [1.29, 1.82) is 5.26 Å². The van der Waals surface area contributed by atoms with Crippen LogP contribution in [0.2, 0.25) is 0 Å². The summed E-state index contributed by atoms with van der Waals surface area (Å²) in [5.41, 5.74) is 0.0990. The van der Waals surface area contributed by atoms with E-state index in [1.165, 1.54) is 18.2 Å². The highest BCUT2D eigenvalue weighted by Crippen LogP contribution is 2.40. The molecule has 3 rings (SSSR count). The van der Waals surface area contributed by atoms with Crippen LogP contribution in [0.15, 0.2) is 12.1 Å². The molecule has 0 spiro atoms. The van der Waals surface area contributed by atoms with E-state index >= 15 is 0 Å². The number of nitrogens with zero attached hydrogens (tertiary/aromatic N) is 1. The van der Waals surface area contributed by atoms with Crippen LogP contribution in [-0.4, -0.2) is 12.1 Å². The smallest absolute Gasteiger partial charge is 0.309 e. The van der Waals surface area contributed by atoms with Gasteiger partial charge in [-0.05, 0) is 55.2 Å². The topological polar surface area (TPSA) is 50.1 Å². The van der Waals surface area contributed by atoms with Crippen LogP contribution in [-0.2, 0) is 9.53 Å². The Kier molecular flexibility index (Phi) is 3.62. The Morgan fingerprint density at radius 3 is 2.19 bits per heavy atom. The number of ether oxygens (including phenoxy) is 1. The van der Waals surface area contributed by atoms with E-state index in [2.05, 4.69) is 0 Å². The molecule has 1 aromatic carbocycles. The third-order valence-electron chi connectivity index (χ3n) is 4.60. The zero-order valence-electron chi connectivity index (χ0n) is 11.4. The average Bonchev–Trinajstić information content (AvgIpc) is 2.44. The first kappa shape index (κ1) is 14.0. The van der Waals surface area contributed by atoms with Crippen molar-refractivity contribution in [1.82, 2.24) is 0 Å². The zero-order chi connectivity index (χ0) is 15.0. The van der Waals surface area contributed by atoms with Gasteiger partial charge in [0, 0.05) is 0 Å². The summed E-state index contributed by atoms with van der Waals surface area (Å²) in [6.45, 7) is 0. The van der Waals surface area contributed by atoms with Gasteiger partial charge in [0.2, 0.25) is 0 Å². The summed E-state index contributed by atoms with van der Waals surface area (Å²) >= 11 is 0. The lowest BCUT2D eigenvalue weighted by Crippen LogP contribution is -2.40. The third kappa shape index (κ3) is 2.63. The van der Waals surface area contributed by atoms with Crippen molar-refractivity contribution in [2.24, 2.45) is 5.92 Å². The van der Waals surface area contributed by atoms with Crippen LogP contribution in [0.3, 0.4) is 0 Å². The number of halogens is 2. The molecule has 1 aliphatic carbocycles. The summed E-state index contributed by atoms with van der Waals surface area (Å²) in [5.74, 6) is -1.25. The first-order valence-electron chi connectivity index (χ1n) is 7.17. The molecule has 1 saturated heterocycles. The number of nitriles is 1. The number of carbonyl (C=O) groups excluding carboxylic acids is 1. The van der Waals surface area contributed by atoms with Crippen molar-refractivity contribution < 1.29 is 18.3 Å². The molecule has 1 saturated carbocycles. The van der Waals surface area contributed by atoms with Crippen LogP contribution >= 0.6 is 0 Å². The summed E-state index contributed by atoms with van der Waals surface area (Å²) in [4.78, 5) is 10.8.